The van der Waals surface area contributed by atoms with Gasteiger partial charge in [-0.2, -0.15) is 4.68 Å². The summed E-state index contributed by atoms with van der Waals surface area (Å²) in [5, 5.41) is 3.91. The summed E-state index contributed by atoms with van der Waals surface area (Å²) in [6.45, 7) is 3.59. The first-order valence-corrected chi connectivity index (χ1v) is 12.2. The van der Waals surface area contributed by atoms with Crippen LogP contribution in [0.25, 0.3) is 11.0 Å². The van der Waals surface area contributed by atoms with Crippen LogP contribution in [0.4, 0.5) is 5.69 Å². The summed E-state index contributed by atoms with van der Waals surface area (Å²) in [6.07, 6.45) is 0.738. The summed E-state index contributed by atoms with van der Waals surface area (Å²) < 4.78 is 8.59. The summed E-state index contributed by atoms with van der Waals surface area (Å²) in [5.74, 6) is 11.4. The molecule has 0 fully saturated rings. The van der Waals surface area contributed by atoms with Crippen molar-refractivity contribution in [2.24, 2.45) is 10.9 Å². The van der Waals surface area contributed by atoms with Crippen molar-refractivity contribution in [3.05, 3.63) is 91.0 Å². The number of nitrogen functional groups attached to an aromatic ring is 1. The van der Waals surface area contributed by atoms with E-state index in [0.717, 1.165) is 32.4 Å². The molecule has 0 aliphatic heterocycles. The Hall–Kier alpha value is -4.13. The van der Waals surface area contributed by atoms with Gasteiger partial charge in [-0.3, -0.25) is 9.36 Å². The highest BCUT2D eigenvalue weighted by Gasteiger charge is 2.17. The van der Waals surface area contributed by atoms with Crippen molar-refractivity contribution in [2.75, 3.05) is 19.0 Å². The summed E-state index contributed by atoms with van der Waals surface area (Å²) in [4.78, 5) is 48.0. The lowest BCUT2D eigenvalue weighted by Gasteiger charge is -2.14. The SMILES string of the molecule is CCc1oc2ccc(/N=c3\n(N)c(=O)n(CC(=O)NCCON)c(=O)n3Cc3ccc(Cl)cc3)cc2c1C. The summed E-state index contributed by atoms with van der Waals surface area (Å²) in [7, 11) is 0. The Bertz CT molecular complexity index is 1670. The fraction of sp³-hybridized carbons (Fsp3) is 0.280. The molecule has 0 radical (unpaired) electrons. The van der Waals surface area contributed by atoms with Gasteiger partial charge in [-0.1, -0.05) is 30.7 Å². The zero-order valence-corrected chi connectivity index (χ0v) is 21.7. The van der Waals surface area contributed by atoms with E-state index in [2.05, 4.69) is 15.1 Å². The van der Waals surface area contributed by atoms with E-state index in [1.54, 1.807) is 36.4 Å². The number of carbonyl (C=O) groups is 1. The van der Waals surface area contributed by atoms with Crippen molar-refractivity contribution < 1.29 is 14.0 Å². The number of amides is 1. The molecule has 0 aliphatic carbocycles. The number of nitrogens with zero attached hydrogens (tertiary/aromatic N) is 4. The molecular formula is C25H28ClN7O5. The summed E-state index contributed by atoms with van der Waals surface area (Å²) >= 11 is 6.01. The minimum Gasteiger partial charge on any atom is -0.461 e. The first-order chi connectivity index (χ1) is 18.2. The minimum absolute atomic E-state index is 0.0158. The third-order valence-corrected chi connectivity index (χ3v) is 6.27. The quantitative estimate of drug-likeness (QED) is 0.162. The predicted octanol–water partition coefficient (Wildman–Crippen LogP) is 1.08. The van der Waals surface area contributed by atoms with Crippen molar-refractivity contribution in [2.45, 2.75) is 33.4 Å². The number of nitrogens with two attached hydrogens (primary N) is 2. The highest BCUT2D eigenvalue weighted by atomic mass is 35.5. The van der Waals surface area contributed by atoms with Gasteiger partial charge in [0.25, 0.3) is 0 Å². The molecule has 38 heavy (non-hydrogen) atoms. The molecule has 0 atom stereocenters. The minimum atomic E-state index is -0.903. The fourth-order valence-electron chi connectivity index (χ4n) is 4.05. The number of carbonyl (C=O) groups excluding carboxylic acids is 1. The van der Waals surface area contributed by atoms with E-state index >= 15 is 0 Å². The monoisotopic (exact) mass is 541 g/mol. The van der Waals surface area contributed by atoms with Gasteiger partial charge < -0.3 is 20.4 Å². The van der Waals surface area contributed by atoms with Crippen LogP contribution in [0.3, 0.4) is 0 Å². The molecule has 12 nitrogen and oxygen atoms in total. The smallest absolute Gasteiger partial charge is 0.354 e. The molecule has 200 valence electrons. The van der Waals surface area contributed by atoms with Crippen LogP contribution >= 0.6 is 11.6 Å². The molecule has 0 bridgehead atoms. The molecular weight excluding hydrogens is 514 g/mol. The normalized spacial score (nSPS) is 11.8. The van der Waals surface area contributed by atoms with Crippen LogP contribution in [0.2, 0.25) is 5.02 Å². The van der Waals surface area contributed by atoms with Crippen molar-refractivity contribution in [1.82, 2.24) is 19.1 Å². The topological polar surface area (TPSA) is 165 Å². The highest BCUT2D eigenvalue weighted by Crippen LogP contribution is 2.29. The first kappa shape index (κ1) is 26.9. The molecule has 0 saturated carbocycles. The van der Waals surface area contributed by atoms with E-state index in [1.165, 1.54) is 4.57 Å². The third kappa shape index (κ3) is 5.57. The van der Waals surface area contributed by atoms with Gasteiger partial charge in [0.15, 0.2) is 0 Å². The molecule has 1 amide bonds. The average molecular weight is 542 g/mol. The van der Waals surface area contributed by atoms with Crippen LogP contribution < -0.4 is 34.1 Å². The Kier molecular flexibility index (Phi) is 8.15. The van der Waals surface area contributed by atoms with Crippen LogP contribution in [0.1, 0.15) is 23.8 Å². The van der Waals surface area contributed by atoms with Gasteiger partial charge in [-0.25, -0.2) is 25.0 Å². The number of hydrogen-bond donors (Lipinski definition) is 3. The Labute approximate surface area is 221 Å². The van der Waals surface area contributed by atoms with E-state index in [9.17, 15) is 14.4 Å². The number of aryl methyl sites for hydroxylation is 2. The largest absolute Gasteiger partial charge is 0.461 e. The molecule has 0 spiro atoms. The van der Waals surface area contributed by atoms with Crippen LogP contribution in [0, 0.1) is 6.92 Å². The number of nitrogens with one attached hydrogen (secondary N) is 1. The summed E-state index contributed by atoms with van der Waals surface area (Å²) in [5.41, 5.74) is 1.10. The molecule has 5 N–H and O–H groups in total. The maximum atomic E-state index is 13.5. The first-order valence-electron chi connectivity index (χ1n) is 11.8. The molecule has 0 aliphatic rings. The van der Waals surface area contributed by atoms with Gasteiger partial charge >= 0.3 is 11.4 Å². The van der Waals surface area contributed by atoms with Crippen molar-refractivity contribution in [3.8, 4) is 0 Å². The Morgan fingerprint density at radius 3 is 2.55 bits per heavy atom. The van der Waals surface area contributed by atoms with Gasteiger partial charge in [0.05, 0.1) is 18.8 Å². The lowest BCUT2D eigenvalue weighted by Crippen LogP contribution is -2.58. The molecule has 2 aromatic heterocycles. The van der Waals surface area contributed by atoms with Gasteiger partial charge in [-0.15, -0.1) is 0 Å². The van der Waals surface area contributed by atoms with E-state index < -0.39 is 23.8 Å². The van der Waals surface area contributed by atoms with E-state index in [-0.39, 0.29) is 25.3 Å². The van der Waals surface area contributed by atoms with Gasteiger partial charge in [0.2, 0.25) is 11.5 Å². The average Bonchev–Trinajstić information content (AvgIpc) is 3.23. The molecule has 13 heteroatoms. The van der Waals surface area contributed by atoms with Crippen LogP contribution in [0.15, 0.2) is 61.5 Å². The van der Waals surface area contributed by atoms with Crippen LogP contribution in [-0.4, -0.2) is 32.9 Å². The maximum Gasteiger partial charge on any atom is 0.354 e. The third-order valence-electron chi connectivity index (χ3n) is 6.02. The van der Waals surface area contributed by atoms with Crippen LogP contribution in [0.5, 0.6) is 0 Å². The predicted molar refractivity (Wildman–Crippen MR) is 142 cm³/mol. The second-order valence-corrected chi connectivity index (χ2v) is 8.99. The zero-order chi connectivity index (χ0) is 27.4. The lowest BCUT2D eigenvalue weighted by atomic mass is 10.1. The summed E-state index contributed by atoms with van der Waals surface area (Å²) in [6, 6.07) is 12.1. The van der Waals surface area contributed by atoms with E-state index in [4.69, 9.17) is 27.8 Å². The molecule has 2 aromatic carbocycles. The van der Waals surface area contributed by atoms with Crippen LogP contribution in [-0.2, 0) is 29.1 Å². The number of fused-ring (bicyclic) bond motifs is 1. The lowest BCUT2D eigenvalue weighted by molar-refractivity contribution is -0.122. The number of aromatic nitrogens is 3. The van der Waals surface area contributed by atoms with Crippen molar-refractivity contribution in [3.63, 3.8) is 0 Å². The molecule has 0 saturated heterocycles. The van der Waals surface area contributed by atoms with Gasteiger partial charge in [0, 0.05) is 23.4 Å². The second kappa shape index (κ2) is 11.5. The molecule has 4 rings (SSSR count). The number of hydrogen-bond acceptors (Lipinski definition) is 8. The highest BCUT2D eigenvalue weighted by molar-refractivity contribution is 6.30. The fourth-order valence-corrected chi connectivity index (χ4v) is 4.18. The second-order valence-electron chi connectivity index (χ2n) is 8.55. The van der Waals surface area contributed by atoms with Gasteiger partial charge in [-0.05, 0) is 48.4 Å². The molecule has 2 heterocycles. The number of benzene rings is 2. The number of halogens is 1. The number of rotatable bonds is 9. The Balaban J connectivity index is 1.88. The Morgan fingerprint density at radius 2 is 1.87 bits per heavy atom. The van der Waals surface area contributed by atoms with Gasteiger partial charge in [0.1, 0.15) is 17.9 Å². The standard InChI is InChI=1S/C25H28ClN7O5/c1-3-20-15(2)19-12-18(8-9-21(19)38-20)30-23-31(13-16-4-6-17(26)7-5-16)24(35)32(25(36)33(23)27)14-22(34)29-10-11-37-28/h4-9,12H,3,10-11,13-14,27-28H2,1-2H3,(H,29,34)/b30-23-. The Morgan fingerprint density at radius 1 is 1.13 bits per heavy atom. The zero-order valence-electron chi connectivity index (χ0n) is 20.9. The van der Waals surface area contributed by atoms with E-state index in [0.29, 0.717) is 21.9 Å². The number of furan rings is 1. The maximum absolute atomic E-state index is 13.5. The van der Waals surface area contributed by atoms with E-state index in [1.807, 2.05) is 19.9 Å². The molecule has 0 unspecified atom stereocenters. The van der Waals surface area contributed by atoms with Crippen molar-refractivity contribution >= 4 is 34.2 Å². The van der Waals surface area contributed by atoms with Crippen molar-refractivity contribution in [1.29, 1.82) is 0 Å². The molecule has 4 aromatic rings.